The molecule has 1 rings (SSSR count). The summed E-state index contributed by atoms with van der Waals surface area (Å²) in [5.41, 5.74) is 0.446. The lowest BCUT2D eigenvalue weighted by molar-refractivity contribution is 0.274. The molecule has 0 amide bonds. The Kier molecular flexibility index (Phi) is 4.00. The van der Waals surface area contributed by atoms with Crippen LogP contribution in [0.3, 0.4) is 0 Å². The summed E-state index contributed by atoms with van der Waals surface area (Å²) in [6.45, 7) is 11.7. The van der Waals surface area contributed by atoms with Crippen LogP contribution in [0.5, 0.6) is 0 Å². The molecule has 3 unspecified atom stereocenters. The Bertz CT molecular complexity index is 176. The lowest BCUT2D eigenvalue weighted by Gasteiger charge is -2.27. The molecule has 84 valence electrons. The van der Waals surface area contributed by atoms with Gasteiger partial charge in [0.2, 0.25) is 0 Å². The molecule has 0 aliphatic carbocycles. The summed E-state index contributed by atoms with van der Waals surface area (Å²) in [6.07, 6.45) is 5.54. The van der Waals surface area contributed by atoms with Gasteiger partial charge in [0.05, 0.1) is 0 Å². The molecule has 1 heteroatoms. The highest BCUT2D eigenvalue weighted by molar-refractivity contribution is 5.12. The van der Waals surface area contributed by atoms with Crippen molar-refractivity contribution in [1.29, 1.82) is 0 Å². The van der Waals surface area contributed by atoms with E-state index in [1.807, 2.05) is 0 Å². The van der Waals surface area contributed by atoms with E-state index in [1.165, 1.54) is 25.7 Å². The molecule has 1 N–H and O–H groups in total. The van der Waals surface area contributed by atoms with Crippen LogP contribution in [-0.4, -0.2) is 11.6 Å². The predicted molar refractivity (Wildman–Crippen MR) is 63.5 cm³/mol. The van der Waals surface area contributed by atoms with Crippen LogP contribution in [0.25, 0.3) is 0 Å². The first kappa shape index (κ1) is 12.0. The second-order valence-electron chi connectivity index (χ2n) is 5.50. The smallest absolute Gasteiger partial charge is 0.0338 e. The van der Waals surface area contributed by atoms with E-state index < -0.39 is 0 Å². The van der Waals surface area contributed by atoms with Crippen molar-refractivity contribution in [1.82, 2.24) is 5.32 Å². The predicted octanol–water partition coefficient (Wildman–Crippen LogP) is 3.59. The summed E-state index contributed by atoms with van der Waals surface area (Å²) in [4.78, 5) is 0. The van der Waals surface area contributed by atoms with Gasteiger partial charge in [-0.15, -0.1) is 0 Å². The zero-order valence-electron chi connectivity index (χ0n) is 10.6. The second-order valence-corrected chi connectivity index (χ2v) is 5.50. The minimum Gasteiger partial charge on any atom is -0.305 e. The molecule has 0 radical (unpaired) electrons. The van der Waals surface area contributed by atoms with Crippen molar-refractivity contribution < 1.29 is 0 Å². The van der Waals surface area contributed by atoms with Crippen LogP contribution in [0, 0.1) is 11.8 Å². The molecule has 1 nitrogen and oxygen atoms in total. The number of hydrogen-bond donors (Lipinski definition) is 1. The van der Waals surface area contributed by atoms with Crippen molar-refractivity contribution in [2.75, 3.05) is 0 Å². The fourth-order valence-electron chi connectivity index (χ4n) is 2.79. The highest BCUT2D eigenvalue weighted by Crippen LogP contribution is 2.40. The number of rotatable bonds is 6. The number of nitrogens with one attached hydrogen (secondary N) is 1. The molecule has 1 heterocycles. The van der Waals surface area contributed by atoms with Crippen molar-refractivity contribution in [3.8, 4) is 0 Å². The SMILES string of the molecule is CCCCCC(C(C)C)C1(C)NC1C. The Morgan fingerprint density at radius 3 is 2.21 bits per heavy atom. The molecule has 1 saturated heterocycles. The minimum atomic E-state index is 0.446. The van der Waals surface area contributed by atoms with Crippen LogP contribution in [-0.2, 0) is 0 Å². The van der Waals surface area contributed by atoms with E-state index >= 15 is 0 Å². The van der Waals surface area contributed by atoms with Gasteiger partial charge < -0.3 is 5.32 Å². The fourth-order valence-corrected chi connectivity index (χ4v) is 2.79. The number of unbranched alkanes of at least 4 members (excludes halogenated alkanes) is 2. The third-order valence-corrected chi connectivity index (χ3v) is 4.04. The number of hydrogen-bond acceptors (Lipinski definition) is 1. The highest BCUT2D eigenvalue weighted by atomic mass is 15.2. The first-order valence-electron chi connectivity index (χ1n) is 6.30. The Hall–Kier alpha value is -0.0400. The topological polar surface area (TPSA) is 21.9 Å². The van der Waals surface area contributed by atoms with Crippen molar-refractivity contribution >= 4 is 0 Å². The summed E-state index contributed by atoms with van der Waals surface area (Å²) in [5.74, 6) is 1.68. The second kappa shape index (κ2) is 4.65. The van der Waals surface area contributed by atoms with E-state index in [-0.39, 0.29) is 0 Å². The van der Waals surface area contributed by atoms with Crippen LogP contribution in [0.2, 0.25) is 0 Å². The molecular formula is C13H27N. The van der Waals surface area contributed by atoms with Gasteiger partial charge in [-0.3, -0.25) is 0 Å². The molecule has 0 aromatic carbocycles. The molecule has 0 spiro atoms. The maximum Gasteiger partial charge on any atom is 0.0338 e. The third kappa shape index (κ3) is 2.50. The normalized spacial score (nSPS) is 33.4. The molecule has 0 aromatic heterocycles. The summed E-state index contributed by atoms with van der Waals surface area (Å²) >= 11 is 0. The molecule has 1 aliphatic heterocycles. The van der Waals surface area contributed by atoms with Gasteiger partial charge in [0.25, 0.3) is 0 Å². The molecular weight excluding hydrogens is 170 g/mol. The lowest BCUT2D eigenvalue weighted by atomic mass is 9.78. The van der Waals surface area contributed by atoms with Crippen molar-refractivity contribution in [2.24, 2.45) is 11.8 Å². The summed E-state index contributed by atoms with van der Waals surface area (Å²) in [6, 6.07) is 0.733. The third-order valence-electron chi connectivity index (χ3n) is 4.04. The molecule has 0 saturated carbocycles. The Balaban J connectivity index is 2.40. The van der Waals surface area contributed by atoms with E-state index in [9.17, 15) is 0 Å². The monoisotopic (exact) mass is 197 g/mol. The molecule has 0 aromatic rings. The molecule has 14 heavy (non-hydrogen) atoms. The van der Waals surface area contributed by atoms with Gasteiger partial charge in [-0.2, -0.15) is 0 Å². The molecule has 1 aliphatic rings. The molecule has 3 atom stereocenters. The largest absolute Gasteiger partial charge is 0.305 e. The van der Waals surface area contributed by atoms with Crippen molar-refractivity contribution in [3.05, 3.63) is 0 Å². The standard InChI is InChI=1S/C13H27N/c1-6-7-8-9-12(10(2)3)13(5)11(4)14-13/h10-12,14H,6-9H2,1-5H3. The average Bonchev–Trinajstić information content (AvgIpc) is 2.68. The van der Waals surface area contributed by atoms with E-state index in [0.29, 0.717) is 5.54 Å². The summed E-state index contributed by atoms with van der Waals surface area (Å²) in [5, 5.41) is 3.62. The first-order chi connectivity index (χ1) is 6.52. The summed E-state index contributed by atoms with van der Waals surface area (Å²) in [7, 11) is 0. The first-order valence-corrected chi connectivity index (χ1v) is 6.30. The van der Waals surface area contributed by atoms with Gasteiger partial charge in [-0.05, 0) is 32.1 Å². The summed E-state index contributed by atoms with van der Waals surface area (Å²) < 4.78 is 0. The van der Waals surface area contributed by atoms with Crippen LogP contribution >= 0.6 is 0 Å². The van der Waals surface area contributed by atoms with Gasteiger partial charge in [0, 0.05) is 11.6 Å². The van der Waals surface area contributed by atoms with Crippen molar-refractivity contribution in [3.63, 3.8) is 0 Å². The van der Waals surface area contributed by atoms with Crippen LogP contribution < -0.4 is 5.32 Å². The minimum absolute atomic E-state index is 0.446. The maximum absolute atomic E-state index is 3.62. The Morgan fingerprint density at radius 1 is 1.29 bits per heavy atom. The van der Waals surface area contributed by atoms with E-state index in [1.54, 1.807) is 0 Å². The molecule has 0 bridgehead atoms. The van der Waals surface area contributed by atoms with E-state index in [4.69, 9.17) is 0 Å². The van der Waals surface area contributed by atoms with Gasteiger partial charge in [0.1, 0.15) is 0 Å². The Labute approximate surface area is 89.7 Å². The van der Waals surface area contributed by atoms with Crippen LogP contribution in [0.15, 0.2) is 0 Å². The highest BCUT2D eigenvalue weighted by Gasteiger charge is 2.51. The zero-order chi connectivity index (χ0) is 10.8. The average molecular weight is 197 g/mol. The maximum atomic E-state index is 3.62. The van der Waals surface area contributed by atoms with E-state index in [0.717, 1.165) is 17.9 Å². The van der Waals surface area contributed by atoms with Crippen LogP contribution in [0.4, 0.5) is 0 Å². The Morgan fingerprint density at radius 2 is 1.86 bits per heavy atom. The van der Waals surface area contributed by atoms with Gasteiger partial charge >= 0.3 is 0 Å². The fraction of sp³-hybridized carbons (Fsp3) is 1.00. The van der Waals surface area contributed by atoms with Gasteiger partial charge in [-0.1, -0.05) is 40.0 Å². The lowest BCUT2D eigenvalue weighted by Crippen LogP contribution is -2.29. The van der Waals surface area contributed by atoms with E-state index in [2.05, 4.69) is 39.9 Å². The van der Waals surface area contributed by atoms with Gasteiger partial charge in [0.15, 0.2) is 0 Å². The quantitative estimate of drug-likeness (QED) is 0.510. The van der Waals surface area contributed by atoms with Crippen LogP contribution in [0.1, 0.15) is 60.3 Å². The molecule has 1 fully saturated rings. The van der Waals surface area contributed by atoms with Crippen molar-refractivity contribution in [2.45, 2.75) is 71.9 Å². The zero-order valence-corrected chi connectivity index (χ0v) is 10.6. The van der Waals surface area contributed by atoms with Gasteiger partial charge in [-0.25, -0.2) is 0 Å².